The van der Waals surface area contributed by atoms with Crippen LogP contribution >= 0.6 is 0 Å². The molecule has 2 atom stereocenters. The lowest BCUT2D eigenvalue weighted by atomic mass is 9.52. The number of aliphatic hydroxyl groups is 1. The molecular formula is C22H27FN6O2. The van der Waals surface area contributed by atoms with Crippen LogP contribution in [0.25, 0.3) is 5.76 Å². The molecule has 4 fully saturated rings. The summed E-state index contributed by atoms with van der Waals surface area (Å²) in [5, 5.41) is 24.3. The molecule has 0 saturated heterocycles. The smallest absolute Gasteiger partial charge is 0.225 e. The Morgan fingerprint density at radius 2 is 2.03 bits per heavy atom. The predicted molar refractivity (Wildman–Crippen MR) is 113 cm³/mol. The number of aryl methyl sites for hydroxylation is 1. The number of aromatic amines is 1. The summed E-state index contributed by atoms with van der Waals surface area (Å²) < 4.78 is 20.9. The summed E-state index contributed by atoms with van der Waals surface area (Å²) in [7, 11) is 0. The van der Waals surface area contributed by atoms with Gasteiger partial charge in [-0.3, -0.25) is 5.10 Å². The number of nitrogens with zero attached hydrogens (tertiary/aromatic N) is 3. The van der Waals surface area contributed by atoms with E-state index in [0.717, 1.165) is 44.2 Å². The molecule has 1 aliphatic heterocycles. The van der Waals surface area contributed by atoms with E-state index in [1.807, 2.05) is 13.0 Å². The molecule has 4 bridgehead atoms. The maximum atomic E-state index is 15.3. The highest BCUT2D eigenvalue weighted by molar-refractivity contribution is 5.65. The zero-order valence-electron chi connectivity index (χ0n) is 17.5. The van der Waals surface area contributed by atoms with Gasteiger partial charge in [-0.25, -0.2) is 9.37 Å². The van der Waals surface area contributed by atoms with Gasteiger partial charge in [-0.15, -0.1) is 0 Å². The molecule has 4 saturated carbocycles. The van der Waals surface area contributed by atoms with E-state index in [-0.39, 0.29) is 17.6 Å². The predicted octanol–water partition coefficient (Wildman–Crippen LogP) is 3.50. The van der Waals surface area contributed by atoms with Crippen LogP contribution in [0.2, 0.25) is 0 Å². The summed E-state index contributed by atoms with van der Waals surface area (Å²) in [6, 6.07) is 1.98. The fourth-order valence-corrected chi connectivity index (χ4v) is 6.31. The van der Waals surface area contributed by atoms with Crippen LogP contribution in [0.5, 0.6) is 0 Å². The van der Waals surface area contributed by atoms with Crippen molar-refractivity contribution >= 4 is 23.3 Å². The van der Waals surface area contributed by atoms with Gasteiger partial charge in [-0.05, 0) is 62.9 Å². The van der Waals surface area contributed by atoms with E-state index >= 15 is 4.39 Å². The van der Waals surface area contributed by atoms with Crippen LogP contribution in [0.4, 0.5) is 22.0 Å². The SMILES string of the molecule is Cc1cc(Nc2nc(NC3C4CC5CC3CC(O)(C5)C4)nc(C3=CCCO3)c2F)n[nH]1. The first kappa shape index (κ1) is 19.0. The number of hydrogen-bond acceptors (Lipinski definition) is 7. The minimum Gasteiger partial charge on any atom is -0.491 e. The Labute approximate surface area is 179 Å². The highest BCUT2D eigenvalue weighted by Gasteiger charge is 2.54. The van der Waals surface area contributed by atoms with Crippen molar-refractivity contribution in [1.82, 2.24) is 20.2 Å². The maximum absolute atomic E-state index is 15.3. The summed E-state index contributed by atoms with van der Waals surface area (Å²) in [6.45, 7) is 2.40. The third kappa shape index (κ3) is 3.35. The van der Waals surface area contributed by atoms with Crippen LogP contribution in [-0.2, 0) is 4.74 Å². The van der Waals surface area contributed by atoms with Crippen LogP contribution in [0.3, 0.4) is 0 Å². The van der Waals surface area contributed by atoms with Crippen molar-refractivity contribution in [3.8, 4) is 0 Å². The van der Waals surface area contributed by atoms with Crippen molar-refractivity contribution in [2.45, 2.75) is 57.1 Å². The second kappa shape index (κ2) is 6.91. The lowest BCUT2D eigenvalue weighted by Crippen LogP contribution is -2.59. The number of rotatable bonds is 5. The Kier molecular flexibility index (Phi) is 4.25. The molecule has 4 N–H and O–H groups in total. The second-order valence-corrected chi connectivity index (χ2v) is 9.69. The van der Waals surface area contributed by atoms with Crippen LogP contribution in [0.15, 0.2) is 12.1 Å². The van der Waals surface area contributed by atoms with Gasteiger partial charge in [0.2, 0.25) is 5.95 Å². The van der Waals surface area contributed by atoms with E-state index in [1.165, 1.54) is 0 Å². The van der Waals surface area contributed by atoms with Gasteiger partial charge in [-0.2, -0.15) is 10.1 Å². The molecule has 0 aromatic carbocycles. The number of H-pyrrole nitrogens is 1. The van der Waals surface area contributed by atoms with Crippen LogP contribution < -0.4 is 10.6 Å². The van der Waals surface area contributed by atoms with Crippen molar-refractivity contribution in [3.63, 3.8) is 0 Å². The number of hydrogen-bond donors (Lipinski definition) is 4. The Morgan fingerprint density at radius 1 is 1.23 bits per heavy atom. The Hall–Kier alpha value is -2.68. The van der Waals surface area contributed by atoms with Gasteiger partial charge in [0, 0.05) is 24.2 Å². The fourth-order valence-electron chi connectivity index (χ4n) is 6.31. The van der Waals surface area contributed by atoms with Gasteiger partial charge < -0.3 is 20.5 Å². The molecule has 164 valence electrons. The van der Waals surface area contributed by atoms with Crippen molar-refractivity contribution in [3.05, 3.63) is 29.3 Å². The number of ether oxygens (including phenoxy) is 1. The van der Waals surface area contributed by atoms with Gasteiger partial charge >= 0.3 is 0 Å². The van der Waals surface area contributed by atoms with Gasteiger partial charge in [0.25, 0.3) is 0 Å². The Balaban J connectivity index is 1.33. The van der Waals surface area contributed by atoms with Gasteiger partial charge in [0.05, 0.1) is 12.2 Å². The molecule has 4 aliphatic carbocycles. The highest BCUT2D eigenvalue weighted by atomic mass is 19.1. The first-order chi connectivity index (χ1) is 15.0. The van der Waals surface area contributed by atoms with Crippen molar-refractivity contribution in [2.24, 2.45) is 17.8 Å². The molecule has 0 amide bonds. The summed E-state index contributed by atoms with van der Waals surface area (Å²) in [5.74, 6) is 2.22. The van der Waals surface area contributed by atoms with Crippen LogP contribution in [0.1, 0.15) is 49.9 Å². The molecule has 31 heavy (non-hydrogen) atoms. The topological polar surface area (TPSA) is 108 Å². The van der Waals surface area contributed by atoms with Crippen molar-refractivity contribution < 1.29 is 14.2 Å². The van der Waals surface area contributed by atoms with E-state index in [4.69, 9.17) is 4.74 Å². The van der Waals surface area contributed by atoms with E-state index in [9.17, 15) is 5.11 Å². The Bertz CT molecular complexity index is 1040. The zero-order chi connectivity index (χ0) is 21.2. The molecule has 8 nitrogen and oxygen atoms in total. The highest BCUT2D eigenvalue weighted by Crippen LogP contribution is 2.56. The summed E-state index contributed by atoms with van der Waals surface area (Å²) >= 11 is 0. The minimum atomic E-state index is -0.557. The fraction of sp³-hybridized carbons (Fsp3) is 0.591. The number of nitrogens with one attached hydrogen (secondary N) is 3. The molecule has 0 radical (unpaired) electrons. The first-order valence-electron chi connectivity index (χ1n) is 11.1. The number of aromatic nitrogens is 4. The summed E-state index contributed by atoms with van der Waals surface area (Å²) in [5.41, 5.74) is 0.521. The monoisotopic (exact) mass is 426 g/mol. The molecule has 7 rings (SSSR count). The van der Waals surface area contributed by atoms with E-state index < -0.39 is 11.4 Å². The molecule has 2 aromatic rings. The lowest BCUT2D eigenvalue weighted by Gasteiger charge is -2.58. The third-order valence-corrected chi connectivity index (χ3v) is 7.28. The molecule has 2 unspecified atom stereocenters. The van der Waals surface area contributed by atoms with Gasteiger partial charge in [0.15, 0.2) is 17.5 Å². The van der Waals surface area contributed by atoms with E-state index in [1.54, 1.807) is 6.07 Å². The largest absolute Gasteiger partial charge is 0.491 e. The Morgan fingerprint density at radius 3 is 2.68 bits per heavy atom. The van der Waals surface area contributed by atoms with E-state index in [2.05, 4.69) is 30.8 Å². The van der Waals surface area contributed by atoms with Gasteiger partial charge in [0.1, 0.15) is 11.5 Å². The molecule has 5 aliphatic rings. The first-order valence-corrected chi connectivity index (χ1v) is 11.1. The zero-order valence-corrected chi connectivity index (χ0v) is 17.5. The van der Waals surface area contributed by atoms with Crippen LogP contribution in [0, 0.1) is 30.5 Å². The van der Waals surface area contributed by atoms with Crippen molar-refractivity contribution in [1.29, 1.82) is 0 Å². The average Bonchev–Trinajstić information content (AvgIpc) is 3.37. The lowest BCUT2D eigenvalue weighted by molar-refractivity contribution is -0.129. The van der Waals surface area contributed by atoms with Gasteiger partial charge in [-0.1, -0.05) is 0 Å². The molecule has 0 spiro atoms. The molecule has 3 heterocycles. The third-order valence-electron chi connectivity index (χ3n) is 7.28. The summed E-state index contributed by atoms with van der Waals surface area (Å²) in [4.78, 5) is 8.98. The molecule has 9 heteroatoms. The maximum Gasteiger partial charge on any atom is 0.225 e. The van der Waals surface area contributed by atoms with E-state index in [0.29, 0.717) is 41.9 Å². The van der Waals surface area contributed by atoms with Crippen molar-refractivity contribution in [2.75, 3.05) is 17.2 Å². The average molecular weight is 426 g/mol. The normalized spacial score (nSPS) is 33.3. The molecular weight excluding hydrogens is 399 g/mol. The number of halogens is 1. The summed E-state index contributed by atoms with van der Waals surface area (Å²) in [6.07, 6.45) is 7.40. The quantitative estimate of drug-likeness (QED) is 0.579. The molecule has 2 aromatic heterocycles. The number of anilines is 3. The second-order valence-electron chi connectivity index (χ2n) is 9.69. The minimum absolute atomic E-state index is 0.0674. The standard InChI is InChI=1S/C22H27FN6O2/c1-11-5-16(29-28-11)24-20-17(23)19(15-3-2-4-31-15)26-21(27-20)25-18-13-6-12-7-14(18)10-22(30,8-12)9-13/h3,5,12-14,18,30H,2,4,6-10H2,1H3,(H3,24,25,26,27,28,29). The van der Waals surface area contributed by atoms with Crippen LogP contribution in [-0.4, -0.2) is 43.5 Å².